The van der Waals surface area contributed by atoms with Crippen molar-refractivity contribution in [3.05, 3.63) is 12.7 Å². The third kappa shape index (κ3) is 6.92. The van der Waals surface area contributed by atoms with Crippen LogP contribution in [-0.4, -0.2) is 41.7 Å². The standard InChI is InChI=1S/C10H18NO5P/c1-5-8(12)11-10(2,3)9(13)16-6-7-17(4,14)15/h5H,1,6-7H2,2-4H3,(H,11,12)(H,14,15). The summed E-state index contributed by atoms with van der Waals surface area (Å²) >= 11 is 0. The van der Waals surface area contributed by atoms with Crippen LogP contribution < -0.4 is 5.32 Å². The van der Waals surface area contributed by atoms with Gasteiger partial charge in [0.1, 0.15) is 12.1 Å². The van der Waals surface area contributed by atoms with Gasteiger partial charge in [0, 0.05) is 6.66 Å². The molecule has 2 N–H and O–H groups in total. The average molecular weight is 263 g/mol. The summed E-state index contributed by atoms with van der Waals surface area (Å²) in [6, 6.07) is 0. The van der Waals surface area contributed by atoms with Crippen LogP contribution in [0, 0.1) is 0 Å². The number of amides is 1. The Bertz CT molecular complexity index is 358. The number of rotatable bonds is 6. The van der Waals surface area contributed by atoms with Crippen molar-refractivity contribution in [2.45, 2.75) is 19.4 Å². The molecule has 98 valence electrons. The maximum Gasteiger partial charge on any atom is 0.331 e. The van der Waals surface area contributed by atoms with Crippen molar-refractivity contribution in [1.29, 1.82) is 0 Å². The highest BCUT2D eigenvalue weighted by atomic mass is 31.2. The van der Waals surface area contributed by atoms with Crippen LogP contribution in [0.1, 0.15) is 13.8 Å². The molecule has 7 heteroatoms. The zero-order valence-corrected chi connectivity index (χ0v) is 11.1. The SMILES string of the molecule is C=CC(=O)NC(C)(C)C(=O)OCCP(C)(=O)O. The molecule has 0 rings (SSSR count). The molecule has 0 aliphatic rings. The molecule has 0 aromatic heterocycles. The molecule has 0 spiro atoms. The number of hydrogen-bond donors (Lipinski definition) is 2. The minimum atomic E-state index is -3.19. The molecule has 0 fully saturated rings. The summed E-state index contributed by atoms with van der Waals surface area (Å²) in [6.45, 7) is 7.24. The lowest BCUT2D eigenvalue weighted by atomic mass is 10.1. The summed E-state index contributed by atoms with van der Waals surface area (Å²) in [4.78, 5) is 31.6. The van der Waals surface area contributed by atoms with Gasteiger partial charge in [0.05, 0.1) is 6.16 Å². The fourth-order valence-corrected chi connectivity index (χ4v) is 1.33. The predicted molar refractivity (Wildman–Crippen MR) is 64.0 cm³/mol. The molecule has 0 radical (unpaired) electrons. The number of carbonyl (C=O) groups excluding carboxylic acids is 2. The van der Waals surface area contributed by atoms with Crippen LogP contribution in [0.2, 0.25) is 0 Å². The molecular formula is C10H18NO5P. The van der Waals surface area contributed by atoms with E-state index in [-0.39, 0.29) is 12.8 Å². The van der Waals surface area contributed by atoms with Crippen LogP contribution in [0.25, 0.3) is 0 Å². The van der Waals surface area contributed by atoms with Gasteiger partial charge < -0.3 is 14.9 Å². The molecule has 1 amide bonds. The van der Waals surface area contributed by atoms with Gasteiger partial charge in [-0.05, 0) is 19.9 Å². The fourth-order valence-electron chi connectivity index (χ4n) is 0.898. The molecule has 0 saturated carbocycles. The fraction of sp³-hybridized carbons (Fsp3) is 0.600. The van der Waals surface area contributed by atoms with Crippen molar-refractivity contribution in [2.75, 3.05) is 19.4 Å². The van der Waals surface area contributed by atoms with E-state index in [0.29, 0.717) is 0 Å². The number of carbonyl (C=O) groups is 2. The van der Waals surface area contributed by atoms with Gasteiger partial charge >= 0.3 is 5.97 Å². The second-order valence-corrected chi connectivity index (χ2v) is 6.78. The molecule has 0 aliphatic carbocycles. The summed E-state index contributed by atoms with van der Waals surface area (Å²) < 4.78 is 15.8. The van der Waals surface area contributed by atoms with Crippen molar-refractivity contribution >= 4 is 19.2 Å². The van der Waals surface area contributed by atoms with Crippen LogP contribution in [0.5, 0.6) is 0 Å². The van der Waals surface area contributed by atoms with Crippen LogP contribution in [0.3, 0.4) is 0 Å². The van der Waals surface area contributed by atoms with E-state index in [9.17, 15) is 14.2 Å². The van der Waals surface area contributed by atoms with Crippen molar-refractivity contribution in [3.8, 4) is 0 Å². The first-order valence-electron chi connectivity index (χ1n) is 4.99. The number of ether oxygens (including phenoxy) is 1. The van der Waals surface area contributed by atoms with Crippen LogP contribution in [-0.2, 0) is 18.9 Å². The Labute approximate surface area is 100 Å². The highest BCUT2D eigenvalue weighted by Gasteiger charge is 2.30. The molecule has 0 aliphatic heterocycles. The first-order chi connectivity index (χ1) is 7.58. The van der Waals surface area contributed by atoms with E-state index in [2.05, 4.69) is 11.9 Å². The lowest BCUT2D eigenvalue weighted by molar-refractivity contribution is -0.151. The highest BCUT2D eigenvalue weighted by molar-refractivity contribution is 7.57. The van der Waals surface area contributed by atoms with Gasteiger partial charge in [0.2, 0.25) is 13.3 Å². The Morgan fingerprint density at radius 1 is 1.53 bits per heavy atom. The Hall–Kier alpha value is -1.13. The van der Waals surface area contributed by atoms with Crippen molar-refractivity contribution in [2.24, 2.45) is 0 Å². The maximum atomic E-state index is 11.6. The van der Waals surface area contributed by atoms with Crippen LogP contribution in [0.15, 0.2) is 12.7 Å². The summed E-state index contributed by atoms with van der Waals surface area (Å²) in [6.07, 6.45) is 0.938. The smallest absolute Gasteiger partial charge is 0.331 e. The van der Waals surface area contributed by atoms with E-state index < -0.39 is 24.8 Å². The molecule has 0 aromatic carbocycles. The van der Waals surface area contributed by atoms with Gasteiger partial charge in [0.15, 0.2) is 0 Å². The topological polar surface area (TPSA) is 92.7 Å². The predicted octanol–water partition coefficient (Wildman–Crippen LogP) is 0.511. The van der Waals surface area contributed by atoms with E-state index in [0.717, 1.165) is 6.08 Å². The lowest BCUT2D eigenvalue weighted by Crippen LogP contribution is -2.50. The van der Waals surface area contributed by atoms with Crippen molar-refractivity contribution < 1.29 is 23.8 Å². The minimum absolute atomic E-state index is 0.107. The zero-order valence-electron chi connectivity index (χ0n) is 10.2. The van der Waals surface area contributed by atoms with E-state index in [1.54, 1.807) is 0 Å². The highest BCUT2D eigenvalue weighted by Crippen LogP contribution is 2.34. The monoisotopic (exact) mass is 263 g/mol. The second-order valence-electron chi connectivity index (χ2n) is 4.23. The zero-order chi connectivity index (χ0) is 13.7. The van der Waals surface area contributed by atoms with Gasteiger partial charge in [-0.3, -0.25) is 9.36 Å². The Morgan fingerprint density at radius 2 is 2.06 bits per heavy atom. The van der Waals surface area contributed by atoms with Gasteiger partial charge in [0.25, 0.3) is 0 Å². The average Bonchev–Trinajstić information content (AvgIpc) is 2.14. The molecule has 0 saturated heterocycles. The Morgan fingerprint density at radius 3 is 2.47 bits per heavy atom. The summed E-state index contributed by atoms with van der Waals surface area (Å²) in [5.74, 6) is -1.16. The third-order valence-electron chi connectivity index (χ3n) is 1.87. The Balaban J connectivity index is 4.25. The summed E-state index contributed by atoms with van der Waals surface area (Å²) in [7, 11) is -3.19. The lowest BCUT2D eigenvalue weighted by Gasteiger charge is -2.23. The quantitative estimate of drug-likeness (QED) is 0.414. The third-order valence-corrected chi connectivity index (χ3v) is 2.88. The molecule has 0 heterocycles. The van der Waals surface area contributed by atoms with Crippen LogP contribution in [0.4, 0.5) is 0 Å². The molecule has 0 aromatic rings. The van der Waals surface area contributed by atoms with E-state index in [1.807, 2.05) is 0 Å². The first kappa shape index (κ1) is 15.9. The van der Waals surface area contributed by atoms with Gasteiger partial charge in [-0.2, -0.15) is 0 Å². The maximum absolute atomic E-state index is 11.6. The molecule has 6 nitrogen and oxygen atoms in total. The van der Waals surface area contributed by atoms with Gasteiger partial charge in [-0.25, -0.2) is 4.79 Å². The van der Waals surface area contributed by atoms with Crippen molar-refractivity contribution in [1.82, 2.24) is 5.32 Å². The normalized spacial score (nSPS) is 14.6. The molecule has 1 atom stereocenters. The molecule has 0 bridgehead atoms. The Kier molecular flexibility index (Phi) is 5.58. The summed E-state index contributed by atoms with van der Waals surface area (Å²) in [5, 5.41) is 2.39. The van der Waals surface area contributed by atoms with Crippen molar-refractivity contribution in [3.63, 3.8) is 0 Å². The molecule has 17 heavy (non-hydrogen) atoms. The summed E-state index contributed by atoms with van der Waals surface area (Å²) in [5.41, 5.74) is -1.20. The van der Waals surface area contributed by atoms with Crippen LogP contribution >= 0.6 is 7.37 Å². The number of nitrogens with one attached hydrogen (secondary N) is 1. The van der Waals surface area contributed by atoms with Gasteiger partial charge in [-0.15, -0.1) is 0 Å². The second kappa shape index (κ2) is 5.98. The largest absolute Gasteiger partial charge is 0.463 e. The molecular weight excluding hydrogens is 245 g/mol. The molecule has 1 unspecified atom stereocenters. The van der Waals surface area contributed by atoms with Gasteiger partial charge in [-0.1, -0.05) is 6.58 Å². The van der Waals surface area contributed by atoms with E-state index in [1.165, 1.54) is 20.5 Å². The number of hydrogen-bond acceptors (Lipinski definition) is 4. The number of esters is 1. The minimum Gasteiger partial charge on any atom is -0.463 e. The van der Waals surface area contributed by atoms with E-state index >= 15 is 0 Å². The first-order valence-corrected chi connectivity index (χ1v) is 7.29. The van der Waals surface area contributed by atoms with E-state index in [4.69, 9.17) is 9.63 Å².